The average molecular weight is 395 g/mol. The number of thiophene rings is 1. The van der Waals surface area contributed by atoms with Gasteiger partial charge in [-0.05, 0) is 49.4 Å². The molecule has 2 aromatic rings. The van der Waals surface area contributed by atoms with Crippen LogP contribution in [0.15, 0.2) is 24.3 Å². The minimum absolute atomic E-state index is 0.0193. The van der Waals surface area contributed by atoms with E-state index in [1.165, 1.54) is 41.3 Å². The number of benzene rings is 1. The second kappa shape index (κ2) is 7.96. The summed E-state index contributed by atoms with van der Waals surface area (Å²) >= 11 is 1.45. The Kier molecular flexibility index (Phi) is 5.87. The molecule has 0 spiro atoms. The second-order valence-electron chi connectivity index (χ2n) is 6.86. The third-order valence-electron chi connectivity index (χ3n) is 5.06. The first-order valence-corrected chi connectivity index (χ1v) is 11.6. The lowest BCUT2D eigenvalue weighted by Crippen LogP contribution is -2.33. The van der Waals surface area contributed by atoms with Gasteiger partial charge < -0.3 is 5.32 Å². The van der Waals surface area contributed by atoms with Crippen LogP contribution < -0.4 is 9.62 Å². The Morgan fingerprint density at radius 3 is 2.54 bits per heavy atom. The molecular formula is C19H26N2O3S2. The fourth-order valence-corrected chi connectivity index (χ4v) is 5.14. The van der Waals surface area contributed by atoms with Crippen LogP contribution in [0.3, 0.4) is 0 Å². The van der Waals surface area contributed by atoms with E-state index in [1.807, 2.05) is 18.2 Å². The Morgan fingerprint density at radius 1 is 1.19 bits per heavy atom. The van der Waals surface area contributed by atoms with Gasteiger partial charge in [-0.25, -0.2) is 8.42 Å². The van der Waals surface area contributed by atoms with Crippen molar-refractivity contribution in [2.75, 3.05) is 17.1 Å². The normalized spacial score (nSPS) is 16.4. The van der Waals surface area contributed by atoms with E-state index in [9.17, 15) is 13.2 Å². The first-order valence-electron chi connectivity index (χ1n) is 9.22. The highest BCUT2D eigenvalue weighted by Crippen LogP contribution is 2.30. The number of rotatable bonds is 5. The molecule has 1 aliphatic carbocycles. The van der Waals surface area contributed by atoms with Gasteiger partial charge in [0.1, 0.15) is 0 Å². The molecule has 0 radical (unpaired) electrons. The zero-order valence-electron chi connectivity index (χ0n) is 15.3. The summed E-state index contributed by atoms with van der Waals surface area (Å²) in [6.45, 7) is 1.63. The number of nitrogens with one attached hydrogen (secondary N) is 1. The van der Waals surface area contributed by atoms with Crippen LogP contribution in [-0.4, -0.2) is 33.2 Å². The van der Waals surface area contributed by atoms with Crippen molar-refractivity contribution in [3.8, 4) is 0 Å². The lowest BCUT2D eigenvalue weighted by Gasteiger charge is -2.18. The predicted octanol–water partition coefficient (Wildman–Crippen LogP) is 4.14. The minimum atomic E-state index is -3.29. The molecule has 1 N–H and O–H groups in total. The van der Waals surface area contributed by atoms with E-state index in [0.717, 1.165) is 22.9 Å². The van der Waals surface area contributed by atoms with Crippen molar-refractivity contribution >= 4 is 43.0 Å². The summed E-state index contributed by atoms with van der Waals surface area (Å²) in [5.74, 6) is 0.0365. The minimum Gasteiger partial charge on any atom is -0.349 e. The summed E-state index contributed by atoms with van der Waals surface area (Å²) in [4.78, 5) is 13.3. The van der Waals surface area contributed by atoms with E-state index in [0.29, 0.717) is 10.6 Å². The average Bonchev–Trinajstić information content (AvgIpc) is 2.90. The van der Waals surface area contributed by atoms with E-state index in [2.05, 4.69) is 5.32 Å². The van der Waals surface area contributed by atoms with Gasteiger partial charge in [-0.1, -0.05) is 25.7 Å². The first kappa shape index (κ1) is 19.2. The number of amides is 1. The molecule has 1 saturated carbocycles. The first-order chi connectivity index (χ1) is 12.4. The Balaban J connectivity index is 1.79. The summed E-state index contributed by atoms with van der Waals surface area (Å²) in [5.41, 5.74) is 0.618. The lowest BCUT2D eigenvalue weighted by molar-refractivity contribution is 0.0937. The van der Waals surface area contributed by atoms with Gasteiger partial charge in [-0.3, -0.25) is 9.10 Å². The van der Waals surface area contributed by atoms with Crippen molar-refractivity contribution < 1.29 is 13.2 Å². The van der Waals surface area contributed by atoms with Gasteiger partial charge in [-0.2, -0.15) is 0 Å². The third-order valence-corrected chi connectivity index (χ3v) is 7.95. The van der Waals surface area contributed by atoms with Gasteiger partial charge in [0.15, 0.2) is 0 Å². The number of sulfonamides is 1. The molecule has 0 bridgehead atoms. The van der Waals surface area contributed by atoms with E-state index in [-0.39, 0.29) is 17.7 Å². The summed E-state index contributed by atoms with van der Waals surface area (Å²) in [7, 11) is -1.73. The Labute approximate surface area is 159 Å². The molecule has 1 aliphatic rings. The molecule has 0 saturated heterocycles. The number of hydrogen-bond donors (Lipinski definition) is 1. The molecule has 1 aromatic heterocycles. The van der Waals surface area contributed by atoms with Crippen LogP contribution in [-0.2, 0) is 10.0 Å². The monoisotopic (exact) mass is 394 g/mol. The van der Waals surface area contributed by atoms with Crippen LogP contribution in [0.5, 0.6) is 0 Å². The molecule has 1 amide bonds. The standard InChI is InChI=1S/C19H26N2O3S2/c1-3-26(23,24)21(2)16-10-11-17-14(12-16)13-18(25-17)19(22)20-15-8-6-4-5-7-9-15/h10-13,15H,3-9H2,1-2H3,(H,20,22). The summed E-state index contributed by atoms with van der Waals surface area (Å²) in [5, 5.41) is 4.07. The third kappa shape index (κ3) is 4.20. The molecular weight excluding hydrogens is 368 g/mol. The van der Waals surface area contributed by atoms with Crippen LogP contribution >= 0.6 is 11.3 Å². The zero-order valence-corrected chi connectivity index (χ0v) is 17.0. The van der Waals surface area contributed by atoms with E-state index < -0.39 is 10.0 Å². The smallest absolute Gasteiger partial charge is 0.261 e. The van der Waals surface area contributed by atoms with E-state index in [1.54, 1.807) is 20.0 Å². The van der Waals surface area contributed by atoms with Gasteiger partial charge in [0.05, 0.1) is 16.3 Å². The topological polar surface area (TPSA) is 66.5 Å². The zero-order chi connectivity index (χ0) is 18.7. The molecule has 26 heavy (non-hydrogen) atoms. The summed E-state index contributed by atoms with van der Waals surface area (Å²) in [6.07, 6.45) is 6.98. The highest BCUT2D eigenvalue weighted by molar-refractivity contribution is 7.92. The van der Waals surface area contributed by atoms with Crippen LogP contribution in [0.4, 0.5) is 5.69 Å². The molecule has 0 aliphatic heterocycles. The largest absolute Gasteiger partial charge is 0.349 e. The molecule has 142 valence electrons. The molecule has 7 heteroatoms. The number of anilines is 1. The van der Waals surface area contributed by atoms with Crippen molar-refractivity contribution in [3.63, 3.8) is 0 Å². The van der Waals surface area contributed by atoms with Crippen molar-refractivity contribution in [1.82, 2.24) is 5.32 Å². The highest BCUT2D eigenvalue weighted by atomic mass is 32.2. The van der Waals surface area contributed by atoms with E-state index in [4.69, 9.17) is 0 Å². The maximum Gasteiger partial charge on any atom is 0.261 e. The number of nitrogens with zero attached hydrogens (tertiary/aromatic N) is 1. The van der Waals surface area contributed by atoms with Crippen LogP contribution in [0.1, 0.15) is 55.1 Å². The number of carbonyl (C=O) groups is 1. The van der Waals surface area contributed by atoms with Crippen LogP contribution in [0.25, 0.3) is 10.1 Å². The summed E-state index contributed by atoms with van der Waals surface area (Å²) in [6, 6.07) is 7.65. The Hall–Kier alpha value is -1.60. The molecule has 1 heterocycles. The Morgan fingerprint density at radius 2 is 1.88 bits per heavy atom. The molecule has 0 atom stereocenters. The van der Waals surface area contributed by atoms with Crippen molar-refractivity contribution in [2.24, 2.45) is 0 Å². The van der Waals surface area contributed by atoms with Gasteiger partial charge in [0.25, 0.3) is 5.91 Å². The number of hydrogen-bond acceptors (Lipinski definition) is 4. The van der Waals surface area contributed by atoms with Gasteiger partial charge in [0.2, 0.25) is 10.0 Å². The number of carbonyl (C=O) groups excluding carboxylic acids is 1. The maximum absolute atomic E-state index is 12.6. The number of fused-ring (bicyclic) bond motifs is 1. The SMILES string of the molecule is CCS(=O)(=O)N(C)c1ccc2sc(C(=O)NC3CCCCCC3)cc2c1. The molecule has 1 aromatic carbocycles. The molecule has 0 unspecified atom stereocenters. The van der Waals surface area contributed by atoms with Crippen LogP contribution in [0.2, 0.25) is 0 Å². The van der Waals surface area contributed by atoms with Crippen molar-refractivity contribution in [1.29, 1.82) is 0 Å². The van der Waals surface area contributed by atoms with Crippen LogP contribution in [0, 0.1) is 0 Å². The molecule has 1 fully saturated rings. The fraction of sp³-hybridized carbons (Fsp3) is 0.526. The fourth-order valence-electron chi connectivity index (χ4n) is 3.37. The summed E-state index contributed by atoms with van der Waals surface area (Å²) < 4.78 is 26.4. The highest BCUT2D eigenvalue weighted by Gasteiger charge is 2.19. The van der Waals surface area contributed by atoms with Gasteiger partial charge >= 0.3 is 0 Å². The van der Waals surface area contributed by atoms with Crippen molar-refractivity contribution in [3.05, 3.63) is 29.1 Å². The second-order valence-corrected chi connectivity index (χ2v) is 10.2. The van der Waals surface area contributed by atoms with E-state index >= 15 is 0 Å². The van der Waals surface area contributed by atoms with Crippen molar-refractivity contribution in [2.45, 2.75) is 51.5 Å². The van der Waals surface area contributed by atoms with Gasteiger partial charge in [0, 0.05) is 17.8 Å². The Bertz CT molecular complexity index is 881. The lowest BCUT2D eigenvalue weighted by atomic mass is 10.1. The van der Waals surface area contributed by atoms with Gasteiger partial charge in [-0.15, -0.1) is 11.3 Å². The quantitative estimate of drug-likeness (QED) is 0.775. The molecule has 5 nitrogen and oxygen atoms in total. The maximum atomic E-state index is 12.6. The molecule has 3 rings (SSSR count). The predicted molar refractivity (Wildman–Crippen MR) is 109 cm³/mol.